The summed E-state index contributed by atoms with van der Waals surface area (Å²) in [4.78, 5) is 53.2. The highest BCUT2D eigenvalue weighted by atomic mass is 32.1. The number of nitrogens with two attached hydrogens (primary N) is 3. The second-order valence-corrected chi connectivity index (χ2v) is 8.60. The van der Waals surface area contributed by atoms with Crippen molar-refractivity contribution in [2.24, 2.45) is 34.0 Å². The lowest BCUT2D eigenvalue weighted by Gasteiger charge is -2.29. The van der Waals surface area contributed by atoms with Crippen molar-refractivity contribution in [1.29, 1.82) is 0 Å². The number of carboxylic acid groups (broad SMARTS) is 1. The van der Waals surface area contributed by atoms with Crippen LogP contribution in [0.2, 0.25) is 0 Å². The smallest absolute Gasteiger partial charge is 0.327 e. The molecule has 0 heterocycles. The molecule has 0 aromatic heterocycles. The molecule has 33 heavy (non-hydrogen) atoms. The van der Waals surface area contributed by atoms with Crippen molar-refractivity contribution in [3.05, 3.63) is 0 Å². The predicted molar refractivity (Wildman–Crippen MR) is 129 cm³/mol. The molecule has 13 heteroatoms. The molecule has 0 aliphatic carbocycles. The first-order chi connectivity index (χ1) is 15.3. The van der Waals surface area contributed by atoms with Gasteiger partial charge in [-0.25, -0.2) is 4.79 Å². The Kier molecular flexibility index (Phi) is 14.1. The lowest BCUT2D eigenvalue weighted by molar-refractivity contribution is -0.142. The molecule has 5 unspecified atom stereocenters. The molecule has 12 nitrogen and oxygen atoms in total. The number of thiol groups is 1. The number of amides is 3. The Bertz CT molecular complexity index is 700. The molecule has 0 aromatic carbocycles. The Balaban J connectivity index is 5.28. The number of carbonyl (C=O) groups is 4. The Morgan fingerprint density at radius 1 is 0.970 bits per heavy atom. The monoisotopic (exact) mass is 489 g/mol. The Hall–Kier alpha value is -2.54. The van der Waals surface area contributed by atoms with Crippen molar-refractivity contribution in [3.8, 4) is 0 Å². The first-order valence-electron chi connectivity index (χ1n) is 10.9. The summed E-state index contributed by atoms with van der Waals surface area (Å²) >= 11 is 3.93. The molecular weight excluding hydrogens is 450 g/mol. The molecule has 3 amide bonds. The van der Waals surface area contributed by atoms with Crippen LogP contribution in [-0.2, 0) is 19.2 Å². The molecule has 0 aliphatic heterocycles. The van der Waals surface area contributed by atoms with Gasteiger partial charge in [0.05, 0.1) is 6.04 Å². The largest absolute Gasteiger partial charge is 0.480 e. The van der Waals surface area contributed by atoms with Crippen LogP contribution in [0.5, 0.6) is 0 Å². The molecule has 0 bridgehead atoms. The van der Waals surface area contributed by atoms with E-state index in [1.807, 2.05) is 6.92 Å². The van der Waals surface area contributed by atoms with Crippen LogP contribution in [0.1, 0.15) is 47.0 Å². The van der Waals surface area contributed by atoms with Crippen molar-refractivity contribution in [2.75, 3.05) is 12.3 Å². The summed E-state index contributed by atoms with van der Waals surface area (Å²) in [5.41, 5.74) is 16.5. The number of nitrogens with zero attached hydrogens (tertiary/aromatic N) is 1. The summed E-state index contributed by atoms with van der Waals surface area (Å²) in [6.45, 7) is 7.41. The number of guanidine groups is 1. The quantitative estimate of drug-likeness (QED) is 0.0587. The van der Waals surface area contributed by atoms with Crippen LogP contribution in [0.25, 0.3) is 0 Å². The molecule has 0 saturated heterocycles. The summed E-state index contributed by atoms with van der Waals surface area (Å²) in [5.74, 6) is -3.68. The topological polar surface area (TPSA) is 215 Å². The van der Waals surface area contributed by atoms with Gasteiger partial charge in [0, 0.05) is 12.3 Å². The normalized spacial score (nSPS) is 15.5. The molecule has 0 aromatic rings. The van der Waals surface area contributed by atoms with Gasteiger partial charge in [-0.1, -0.05) is 34.1 Å². The molecule has 10 N–H and O–H groups in total. The molecule has 0 aliphatic rings. The summed E-state index contributed by atoms with van der Waals surface area (Å²) in [5, 5.41) is 16.8. The summed E-state index contributed by atoms with van der Waals surface area (Å²) < 4.78 is 0. The van der Waals surface area contributed by atoms with Gasteiger partial charge in [-0.05, 0) is 24.7 Å². The molecule has 0 rings (SSSR count). The zero-order valence-corrected chi connectivity index (χ0v) is 20.6. The maximum Gasteiger partial charge on any atom is 0.327 e. The van der Waals surface area contributed by atoms with Gasteiger partial charge in [-0.3, -0.25) is 19.4 Å². The van der Waals surface area contributed by atoms with Gasteiger partial charge in [0.15, 0.2) is 5.96 Å². The van der Waals surface area contributed by atoms with E-state index in [2.05, 4.69) is 33.6 Å². The molecule has 0 spiro atoms. The maximum atomic E-state index is 13.0. The highest BCUT2D eigenvalue weighted by Gasteiger charge is 2.33. The predicted octanol–water partition coefficient (Wildman–Crippen LogP) is -1.46. The van der Waals surface area contributed by atoms with E-state index in [0.29, 0.717) is 25.8 Å². The highest BCUT2D eigenvalue weighted by molar-refractivity contribution is 7.80. The van der Waals surface area contributed by atoms with E-state index in [1.54, 1.807) is 20.8 Å². The zero-order valence-electron chi connectivity index (χ0n) is 19.7. The zero-order chi connectivity index (χ0) is 25.7. The molecular formula is C20H39N7O5S. The van der Waals surface area contributed by atoms with Crippen LogP contribution < -0.4 is 33.2 Å². The second kappa shape index (κ2) is 15.3. The lowest BCUT2D eigenvalue weighted by Crippen LogP contribution is -2.59. The summed E-state index contributed by atoms with van der Waals surface area (Å²) in [6.07, 6.45) is 1.38. The van der Waals surface area contributed by atoms with Gasteiger partial charge < -0.3 is 38.3 Å². The number of carbonyl (C=O) groups excluding carboxylic acids is 3. The van der Waals surface area contributed by atoms with Gasteiger partial charge in [-0.2, -0.15) is 12.6 Å². The minimum absolute atomic E-state index is 0.0469. The van der Waals surface area contributed by atoms with Crippen LogP contribution in [-0.4, -0.2) is 71.2 Å². The third-order valence-electron chi connectivity index (χ3n) is 5.14. The Labute approximate surface area is 200 Å². The van der Waals surface area contributed by atoms with Gasteiger partial charge in [-0.15, -0.1) is 0 Å². The number of hydrogen-bond donors (Lipinski definition) is 8. The van der Waals surface area contributed by atoms with Gasteiger partial charge >= 0.3 is 5.97 Å². The molecule has 5 atom stereocenters. The Morgan fingerprint density at radius 3 is 1.97 bits per heavy atom. The third-order valence-corrected chi connectivity index (χ3v) is 5.51. The van der Waals surface area contributed by atoms with E-state index in [9.17, 15) is 19.2 Å². The van der Waals surface area contributed by atoms with Crippen molar-refractivity contribution < 1.29 is 24.3 Å². The van der Waals surface area contributed by atoms with Crippen molar-refractivity contribution >= 4 is 42.3 Å². The van der Waals surface area contributed by atoms with E-state index >= 15 is 0 Å². The number of hydrogen-bond acceptors (Lipinski definition) is 7. The standard InChI is InChI=1S/C20H39N7O5S/c1-5-11(4)15(27-16(28)12(21)7-6-8-24-20(22)23)18(30)26-14(10(2)3)17(29)25-13(9-33)19(31)32/h10-15,33H,5-9,21H2,1-4H3,(H,25,29)(H,26,30)(H,27,28)(H,31,32)(H4,22,23,24). The van der Waals surface area contributed by atoms with Crippen LogP contribution in [0.3, 0.4) is 0 Å². The minimum Gasteiger partial charge on any atom is -0.480 e. The van der Waals surface area contributed by atoms with E-state index < -0.39 is 47.9 Å². The molecule has 190 valence electrons. The highest BCUT2D eigenvalue weighted by Crippen LogP contribution is 2.11. The van der Waals surface area contributed by atoms with Gasteiger partial charge in [0.2, 0.25) is 17.7 Å². The van der Waals surface area contributed by atoms with Crippen LogP contribution in [0, 0.1) is 11.8 Å². The third kappa shape index (κ3) is 11.2. The van der Waals surface area contributed by atoms with Crippen LogP contribution in [0.4, 0.5) is 0 Å². The maximum absolute atomic E-state index is 13.0. The summed E-state index contributed by atoms with van der Waals surface area (Å²) in [6, 6.07) is -3.99. The van der Waals surface area contributed by atoms with Crippen molar-refractivity contribution in [3.63, 3.8) is 0 Å². The number of carboxylic acids is 1. The average molecular weight is 490 g/mol. The number of aliphatic carboxylic acids is 1. The van der Waals surface area contributed by atoms with Crippen LogP contribution >= 0.6 is 12.6 Å². The fraction of sp³-hybridized carbons (Fsp3) is 0.750. The van der Waals surface area contributed by atoms with Crippen molar-refractivity contribution in [1.82, 2.24) is 16.0 Å². The molecule has 0 radical (unpaired) electrons. The Morgan fingerprint density at radius 2 is 1.52 bits per heavy atom. The lowest BCUT2D eigenvalue weighted by atomic mass is 9.96. The van der Waals surface area contributed by atoms with E-state index in [-0.39, 0.29) is 23.5 Å². The fourth-order valence-corrected chi connectivity index (χ4v) is 3.09. The van der Waals surface area contributed by atoms with Crippen molar-refractivity contribution in [2.45, 2.75) is 71.1 Å². The number of rotatable bonds is 15. The minimum atomic E-state index is -1.23. The SMILES string of the molecule is CCC(C)C(NC(=O)C(N)CCCN=C(N)N)C(=O)NC(C(=O)NC(CS)C(=O)O)C(C)C. The number of nitrogens with one attached hydrogen (secondary N) is 3. The van der Waals surface area contributed by atoms with Gasteiger partial charge in [0.1, 0.15) is 18.1 Å². The summed E-state index contributed by atoms with van der Waals surface area (Å²) in [7, 11) is 0. The molecule has 0 saturated carbocycles. The van der Waals surface area contributed by atoms with Gasteiger partial charge in [0.25, 0.3) is 0 Å². The average Bonchev–Trinajstić information content (AvgIpc) is 2.74. The van der Waals surface area contributed by atoms with E-state index in [0.717, 1.165) is 0 Å². The first-order valence-corrected chi connectivity index (χ1v) is 11.5. The molecule has 0 fully saturated rings. The fourth-order valence-electron chi connectivity index (χ4n) is 2.84. The first kappa shape index (κ1) is 30.5. The van der Waals surface area contributed by atoms with Crippen LogP contribution in [0.15, 0.2) is 4.99 Å². The number of aliphatic imine (C=N–C) groups is 1. The van der Waals surface area contributed by atoms with E-state index in [4.69, 9.17) is 22.3 Å². The second-order valence-electron chi connectivity index (χ2n) is 8.24. The van der Waals surface area contributed by atoms with E-state index in [1.165, 1.54) is 0 Å².